The minimum Gasteiger partial charge on any atom is -0.395 e. The van der Waals surface area contributed by atoms with Gasteiger partial charge >= 0.3 is 0 Å². The van der Waals surface area contributed by atoms with E-state index < -0.39 is 57.4 Å². The molecule has 87 heavy (non-hydrogen) atoms. The second-order valence-corrected chi connectivity index (χ2v) is 20.3. The average Bonchev–Trinajstić information content (AvgIpc) is 0.808. The first kappa shape index (κ1) is 60.1. The molecular weight excluding hydrogens is 1100 g/mol. The maximum absolute atomic E-state index is 16.2. The van der Waals surface area contributed by atoms with Crippen LogP contribution in [0.25, 0.3) is 83.8 Å². The first-order valence-electron chi connectivity index (χ1n) is 28.5. The second kappa shape index (κ2) is 28.7. The Morgan fingerprint density at radius 3 is 0.667 bits per heavy atom. The standard InChI is InChI=1S/C69H66N9O9/c79-43-37-76(38-44-80)67(85)64-61(55-1-7-58(8-2-55)73-31-19-52(20-32-73)49-13-25-70-26-14-49)65(68(86)77(39-45-81)40-46-82)63(57-5-11-60(12-6-57)75-35-23-54(24-36-75)51-17-29-72-30-18-51)66(69(87)78(41-47-83)42-48-84)62(64)56-3-9-59(10-4-56)74-33-21-53(22-34-74)50-15-27-71-28-16-50/h1-36,79-84H,37-48H2/q+3. The zero-order valence-electron chi connectivity index (χ0n) is 47.7. The van der Waals surface area contributed by atoms with E-state index in [1.54, 1.807) is 73.6 Å². The normalized spacial score (nSPS) is 11.1. The SMILES string of the molecule is O=C(c1c(-c2ccc(-[n+]3ccc(-c4ccncc4)cc3)cc2)c(C(=O)N(CCO)CCO)c(-c2ccc(-[n+]3ccc(-c4ccncc4)cc3)cc2)c(C(=O)N(CCO)CCO)c1-c1ccc(-[n+]2ccc(-c3ccncc3)cc2)cc1)N(CCO)CCO. The number of hydrogen-bond acceptors (Lipinski definition) is 12. The molecule has 0 bridgehead atoms. The molecule has 18 heteroatoms. The number of benzene rings is 4. The summed E-state index contributed by atoms with van der Waals surface area (Å²) in [4.78, 5) is 64.9. The van der Waals surface area contributed by atoms with E-state index in [0.29, 0.717) is 33.8 Å². The van der Waals surface area contributed by atoms with E-state index >= 15 is 14.4 Å². The Bertz CT molecular complexity index is 3470. The van der Waals surface area contributed by atoms with E-state index in [-0.39, 0.29) is 72.6 Å². The van der Waals surface area contributed by atoms with Crippen LogP contribution in [0.15, 0.2) is 220 Å². The van der Waals surface area contributed by atoms with Gasteiger partial charge in [0.25, 0.3) is 17.7 Å². The van der Waals surface area contributed by atoms with Gasteiger partial charge < -0.3 is 45.3 Å². The monoisotopic (exact) mass is 1160 g/mol. The third-order valence-corrected chi connectivity index (χ3v) is 15.1. The molecule has 0 fully saturated rings. The molecule has 6 heterocycles. The Morgan fingerprint density at radius 1 is 0.276 bits per heavy atom. The van der Waals surface area contributed by atoms with Crippen molar-refractivity contribution in [2.45, 2.75) is 0 Å². The molecule has 0 unspecified atom stereocenters. The quantitative estimate of drug-likeness (QED) is 0.0384. The highest BCUT2D eigenvalue weighted by Crippen LogP contribution is 2.47. The molecule has 3 amide bonds. The van der Waals surface area contributed by atoms with Gasteiger partial charge in [0.05, 0.1) is 56.3 Å². The summed E-state index contributed by atoms with van der Waals surface area (Å²) < 4.78 is 5.74. The smallest absolute Gasteiger partial charge is 0.255 e. The number of amides is 3. The van der Waals surface area contributed by atoms with E-state index in [4.69, 9.17) is 0 Å². The van der Waals surface area contributed by atoms with Crippen LogP contribution in [-0.4, -0.2) is 157 Å². The van der Waals surface area contributed by atoms with Gasteiger partial charge in [0.15, 0.2) is 37.2 Å². The molecule has 0 radical (unpaired) electrons. The highest BCUT2D eigenvalue weighted by atomic mass is 16.3. The summed E-state index contributed by atoms with van der Waals surface area (Å²) in [7, 11) is 0. The van der Waals surface area contributed by atoms with Crippen molar-refractivity contribution in [1.29, 1.82) is 0 Å². The van der Waals surface area contributed by atoms with Crippen LogP contribution in [-0.2, 0) is 0 Å². The van der Waals surface area contributed by atoms with Crippen molar-refractivity contribution in [3.8, 4) is 83.8 Å². The molecule has 0 spiro atoms. The number of carbonyl (C=O) groups excluding carboxylic acids is 3. The molecule has 10 aromatic rings. The van der Waals surface area contributed by atoms with Crippen LogP contribution in [0.1, 0.15) is 31.1 Å². The molecule has 438 valence electrons. The number of aliphatic hydroxyl groups is 6. The molecule has 0 saturated heterocycles. The highest BCUT2D eigenvalue weighted by Gasteiger charge is 2.39. The molecule has 6 N–H and O–H groups in total. The van der Waals surface area contributed by atoms with Crippen LogP contribution in [0.5, 0.6) is 0 Å². The van der Waals surface area contributed by atoms with E-state index in [1.807, 2.05) is 160 Å². The van der Waals surface area contributed by atoms with E-state index in [1.165, 1.54) is 14.7 Å². The molecule has 0 aliphatic rings. The number of pyridine rings is 6. The van der Waals surface area contributed by atoms with Crippen molar-refractivity contribution < 1.29 is 58.7 Å². The number of aliphatic hydroxyl groups excluding tert-OH is 6. The fourth-order valence-electron chi connectivity index (χ4n) is 10.8. The Morgan fingerprint density at radius 2 is 0.471 bits per heavy atom. The summed E-state index contributed by atoms with van der Waals surface area (Å²) >= 11 is 0. The molecule has 0 saturated carbocycles. The Hall–Kier alpha value is -10.1. The van der Waals surface area contributed by atoms with Gasteiger partial charge in [-0.05, 0) is 123 Å². The van der Waals surface area contributed by atoms with Crippen molar-refractivity contribution in [3.63, 3.8) is 0 Å². The number of nitrogens with zero attached hydrogens (tertiary/aromatic N) is 9. The van der Waals surface area contributed by atoms with Crippen molar-refractivity contribution in [3.05, 3.63) is 237 Å². The van der Waals surface area contributed by atoms with Crippen LogP contribution in [0, 0.1) is 0 Å². The lowest BCUT2D eigenvalue weighted by Gasteiger charge is -2.32. The average molecular weight is 1170 g/mol. The van der Waals surface area contributed by atoms with Crippen molar-refractivity contribution >= 4 is 17.7 Å². The van der Waals surface area contributed by atoms with Crippen molar-refractivity contribution in [2.75, 3.05) is 78.9 Å². The van der Waals surface area contributed by atoms with Gasteiger partial charge in [-0.15, -0.1) is 0 Å². The van der Waals surface area contributed by atoms with Gasteiger partial charge in [-0.2, -0.15) is 13.7 Å². The first-order valence-corrected chi connectivity index (χ1v) is 28.5. The summed E-state index contributed by atoms with van der Waals surface area (Å²) in [5, 5.41) is 63.6. The number of hydrogen-bond donors (Lipinski definition) is 6. The van der Waals surface area contributed by atoms with Crippen molar-refractivity contribution in [2.24, 2.45) is 0 Å². The Labute approximate surface area is 503 Å². The molecule has 0 aliphatic carbocycles. The summed E-state index contributed by atoms with van der Waals surface area (Å²) in [6.45, 7) is -4.61. The molecule has 18 nitrogen and oxygen atoms in total. The van der Waals surface area contributed by atoms with Gasteiger partial charge in [0.2, 0.25) is 17.1 Å². The fourth-order valence-corrected chi connectivity index (χ4v) is 10.8. The van der Waals surface area contributed by atoms with Crippen LogP contribution < -0.4 is 13.7 Å². The summed E-state index contributed by atoms with van der Waals surface area (Å²) in [6.07, 6.45) is 21.8. The van der Waals surface area contributed by atoms with E-state index in [2.05, 4.69) is 15.0 Å². The zero-order chi connectivity index (χ0) is 60.7. The van der Waals surface area contributed by atoms with Gasteiger partial charge in [-0.1, -0.05) is 0 Å². The third-order valence-electron chi connectivity index (χ3n) is 15.1. The largest absolute Gasteiger partial charge is 0.395 e. The van der Waals surface area contributed by atoms with Crippen LogP contribution in [0.4, 0.5) is 0 Å². The topological polar surface area (TPSA) is 233 Å². The summed E-state index contributed by atoms with van der Waals surface area (Å²) in [6, 6.07) is 45.0. The Kier molecular flexibility index (Phi) is 19.8. The first-order chi connectivity index (χ1) is 42.7. The van der Waals surface area contributed by atoms with Gasteiger partial charge in [-0.3, -0.25) is 29.3 Å². The fraction of sp³-hybridized carbons (Fsp3) is 0.174. The zero-order valence-corrected chi connectivity index (χ0v) is 47.7. The highest BCUT2D eigenvalue weighted by molar-refractivity contribution is 6.23. The van der Waals surface area contributed by atoms with Crippen LogP contribution in [0.3, 0.4) is 0 Å². The van der Waals surface area contributed by atoms with Gasteiger partial charge in [0, 0.05) is 166 Å². The third kappa shape index (κ3) is 13.4. The lowest BCUT2D eigenvalue weighted by atomic mass is 9.77. The maximum atomic E-state index is 16.2. The molecule has 10 rings (SSSR count). The molecule has 4 aromatic carbocycles. The second-order valence-electron chi connectivity index (χ2n) is 20.3. The summed E-state index contributed by atoms with van der Waals surface area (Å²) in [5.74, 6) is -2.25. The minimum absolute atomic E-state index is 0.0732. The number of carbonyl (C=O) groups is 3. The van der Waals surface area contributed by atoms with Crippen molar-refractivity contribution in [1.82, 2.24) is 29.7 Å². The van der Waals surface area contributed by atoms with Gasteiger partial charge in [0.1, 0.15) is 0 Å². The lowest BCUT2D eigenvalue weighted by molar-refractivity contribution is -0.595. The number of rotatable bonds is 24. The molecule has 0 atom stereocenters. The lowest BCUT2D eigenvalue weighted by Crippen LogP contribution is -2.40. The molecule has 6 aromatic heterocycles. The van der Waals surface area contributed by atoms with Crippen LogP contribution in [0.2, 0.25) is 0 Å². The molecule has 0 aliphatic heterocycles. The van der Waals surface area contributed by atoms with E-state index in [9.17, 15) is 30.6 Å². The maximum Gasteiger partial charge on any atom is 0.255 e. The summed E-state index contributed by atoms with van der Waals surface area (Å²) in [5.41, 5.74) is 8.82. The predicted octanol–water partition coefficient (Wildman–Crippen LogP) is 5.98. The van der Waals surface area contributed by atoms with Gasteiger partial charge in [-0.25, -0.2) is 0 Å². The molecular formula is C69H66N9O9+3. The van der Waals surface area contributed by atoms with E-state index in [0.717, 1.165) is 33.4 Å². The predicted molar refractivity (Wildman–Crippen MR) is 327 cm³/mol. The minimum atomic E-state index is -0.748. The Balaban J connectivity index is 1.29. The number of aromatic nitrogens is 6. The van der Waals surface area contributed by atoms with Crippen LogP contribution >= 0.6 is 0 Å².